The summed E-state index contributed by atoms with van der Waals surface area (Å²) in [7, 11) is 8.31. The number of anilines is 2. The summed E-state index contributed by atoms with van der Waals surface area (Å²) in [6.45, 7) is 0. The lowest BCUT2D eigenvalue weighted by molar-refractivity contribution is 0.569. The number of H-pyrrole nitrogens is 2. The van der Waals surface area contributed by atoms with Crippen molar-refractivity contribution in [1.82, 2.24) is 30.4 Å². The number of nitrogens with one attached hydrogen (secondary N) is 2. The van der Waals surface area contributed by atoms with E-state index in [2.05, 4.69) is 202 Å². The average Bonchev–Trinajstić information content (AvgIpc) is 4.12. The van der Waals surface area contributed by atoms with Crippen LogP contribution in [-0.4, -0.2) is 58.6 Å². The molecule has 4 heterocycles. The Kier molecular flexibility index (Phi) is 9.71. The molecule has 10 heteroatoms. The van der Waals surface area contributed by atoms with Gasteiger partial charge in [-0.1, -0.05) is 109 Å². The van der Waals surface area contributed by atoms with E-state index in [0.717, 1.165) is 51.8 Å². The van der Waals surface area contributed by atoms with Crippen LogP contribution in [-0.2, 0) is 23.7 Å². The van der Waals surface area contributed by atoms with E-state index in [1.165, 1.54) is 40.0 Å². The van der Waals surface area contributed by atoms with Crippen molar-refractivity contribution in [2.45, 2.75) is 23.7 Å². The molecule has 0 amide bonds. The zero-order valence-electron chi connectivity index (χ0n) is 32.9. The first-order chi connectivity index (χ1) is 28.3. The summed E-state index contributed by atoms with van der Waals surface area (Å²) in [5, 5.41) is 18.6. The van der Waals surface area contributed by atoms with E-state index < -0.39 is 0 Å². The first kappa shape index (κ1) is 36.8. The minimum absolute atomic E-state index is 0.243. The Bertz CT molecular complexity index is 2510. The Labute approximate surface area is 342 Å². The quantitative estimate of drug-likeness (QED) is 0.158. The molecule has 2 aliphatic rings. The number of hydrogen-bond donors (Lipinski definition) is 2. The monoisotopic (exact) mass is 780 g/mol. The molecule has 0 saturated heterocycles. The maximum absolute atomic E-state index is 5.47. The molecular formula is C48H44N8OS. The van der Waals surface area contributed by atoms with E-state index in [-0.39, 0.29) is 10.8 Å². The maximum atomic E-state index is 5.47. The summed E-state index contributed by atoms with van der Waals surface area (Å²) in [5.74, 6) is 0.675. The summed E-state index contributed by atoms with van der Waals surface area (Å²) in [5.41, 5.74) is 13.1. The highest BCUT2D eigenvalue weighted by molar-refractivity contribution is 7.13. The molecule has 2 unspecified atom stereocenters. The fourth-order valence-corrected chi connectivity index (χ4v) is 8.91. The summed E-state index contributed by atoms with van der Waals surface area (Å²) < 4.78 is 5.47. The number of benzene rings is 4. The molecular weight excluding hydrogens is 737 g/mol. The van der Waals surface area contributed by atoms with Gasteiger partial charge in [-0.3, -0.25) is 10.2 Å². The molecule has 9 nitrogen and oxygen atoms in total. The Morgan fingerprint density at radius 1 is 0.621 bits per heavy atom. The highest BCUT2D eigenvalue weighted by Gasteiger charge is 2.38. The van der Waals surface area contributed by atoms with Crippen LogP contribution in [0.25, 0.3) is 34.3 Å². The fourth-order valence-electron chi connectivity index (χ4n) is 8.27. The molecule has 2 atom stereocenters. The van der Waals surface area contributed by atoms with Crippen molar-refractivity contribution in [3.63, 3.8) is 0 Å². The Morgan fingerprint density at radius 3 is 1.62 bits per heavy atom. The van der Waals surface area contributed by atoms with Crippen molar-refractivity contribution in [2.75, 3.05) is 38.0 Å². The van der Waals surface area contributed by atoms with Gasteiger partial charge in [-0.05, 0) is 46.5 Å². The Morgan fingerprint density at radius 2 is 1.14 bits per heavy atom. The summed E-state index contributed by atoms with van der Waals surface area (Å²) in [6, 6.07) is 39.0. The van der Waals surface area contributed by atoms with Crippen molar-refractivity contribution in [1.29, 1.82) is 0 Å². The molecule has 288 valence electrons. The molecule has 2 N–H and O–H groups in total. The van der Waals surface area contributed by atoms with Gasteiger partial charge in [-0.25, -0.2) is 9.97 Å². The Balaban J connectivity index is 0.000000150. The second-order valence-corrected chi connectivity index (χ2v) is 16.1. The van der Waals surface area contributed by atoms with Gasteiger partial charge in [0.15, 0.2) is 12.2 Å². The van der Waals surface area contributed by atoms with Crippen LogP contribution < -0.4 is 9.80 Å². The van der Waals surface area contributed by atoms with E-state index in [0.29, 0.717) is 5.76 Å². The molecule has 10 rings (SSSR count). The van der Waals surface area contributed by atoms with Crippen molar-refractivity contribution >= 4 is 34.9 Å². The van der Waals surface area contributed by atoms with Crippen LogP contribution in [0, 0.1) is 0 Å². The molecule has 0 bridgehead atoms. The van der Waals surface area contributed by atoms with Gasteiger partial charge in [0.05, 0.1) is 6.20 Å². The van der Waals surface area contributed by atoms with Gasteiger partial charge < -0.3 is 14.2 Å². The predicted octanol–water partition coefficient (Wildman–Crippen LogP) is 9.84. The van der Waals surface area contributed by atoms with Crippen LogP contribution in [0.2, 0.25) is 0 Å². The second kappa shape index (κ2) is 15.3. The summed E-state index contributed by atoms with van der Waals surface area (Å²) in [4.78, 5) is 12.8. The molecule has 4 aromatic carbocycles. The highest BCUT2D eigenvalue weighted by Crippen LogP contribution is 2.45. The minimum atomic E-state index is -0.272. The zero-order valence-corrected chi connectivity index (χ0v) is 33.7. The van der Waals surface area contributed by atoms with E-state index in [1.54, 1.807) is 17.5 Å². The summed E-state index contributed by atoms with van der Waals surface area (Å²) in [6.07, 6.45) is 15.6. The van der Waals surface area contributed by atoms with Crippen LogP contribution in [0.4, 0.5) is 11.4 Å². The van der Waals surface area contributed by atoms with E-state index in [4.69, 9.17) is 4.42 Å². The number of hydrogen-bond acceptors (Lipinski definition) is 8. The van der Waals surface area contributed by atoms with Gasteiger partial charge in [0.2, 0.25) is 0 Å². The normalized spacial score (nSPS) is 17.9. The molecule has 58 heavy (non-hydrogen) atoms. The topological polar surface area (TPSA) is 103 Å². The lowest BCUT2D eigenvalue weighted by atomic mass is 9.68. The van der Waals surface area contributed by atoms with Crippen molar-refractivity contribution < 1.29 is 4.42 Å². The van der Waals surface area contributed by atoms with Gasteiger partial charge in [0, 0.05) is 97.3 Å². The van der Waals surface area contributed by atoms with Gasteiger partial charge in [-0.2, -0.15) is 10.2 Å². The second-order valence-electron chi connectivity index (χ2n) is 15.2. The number of rotatable bonds is 8. The molecule has 4 aromatic heterocycles. The van der Waals surface area contributed by atoms with Crippen LogP contribution in [0.15, 0.2) is 150 Å². The van der Waals surface area contributed by atoms with Gasteiger partial charge in [-0.15, -0.1) is 11.3 Å². The number of allylic oxidation sites excluding steroid dienone is 2. The van der Waals surface area contributed by atoms with E-state index in [1.807, 2.05) is 11.6 Å². The number of aromatic nitrogens is 6. The molecule has 0 aliphatic heterocycles. The lowest BCUT2D eigenvalue weighted by Gasteiger charge is -2.35. The van der Waals surface area contributed by atoms with Crippen LogP contribution >= 0.6 is 11.3 Å². The van der Waals surface area contributed by atoms with Gasteiger partial charge in [0.1, 0.15) is 16.4 Å². The SMILES string of the molecule is CN(C)c1cccc(C2(c3ccccc3)C=Cc3c(-c4cnco4)n[nH]c3C2)c1.CN(C)c1cccc(C2(c3ccccc3)C=Cc3c(-c4nccs4)n[nH]c3C2)c1. The Hall–Kier alpha value is -6.78. The lowest BCUT2D eigenvalue weighted by Crippen LogP contribution is -2.30. The number of thiazole rings is 1. The number of oxazole rings is 1. The molecule has 0 spiro atoms. The van der Waals surface area contributed by atoms with Gasteiger partial charge in [0.25, 0.3) is 0 Å². The molecule has 2 aliphatic carbocycles. The number of nitrogens with zero attached hydrogens (tertiary/aromatic N) is 6. The standard InChI is InChI=1S/C24H22N4O.C24H22N4S/c1-28(2)19-10-6-9-18(13-19)24(17-7-4-3-5-8-17)12-11-20-21(14-24)26-27-23(20)22-15-25-16-29-22;1-28(2)19-10-6-9-18(15-19)24(17-7-4-3-5-8-17)12-11-20-21(16-24)26-27-22(20)23-25-13-14-29-23/h3-13,15-16H,14H2,1-2H3,(H,26,27);3-15H,16H2,1-2H3,(H,26,27). The average molecular weight is 781 g/mol. The van der Waals surface area contributed by atoms with Crippen molar-refractivity contribution in [3.05, 3.63) is 190 Å². The smallest absolute Gasteiger partial charge is 0.181 e. The van der Waals surface area contributed by atoms with Crippen LogP contribution in [0.5, 0.6) is 0 Å². The highest BCUT2D eigenvalue weighted by atomic mass is 32.1. The zero-order chi connectivity index (χ0) is 39.7. The predicted molar refractivity (Wildman–Crippen MR) is 235 cm³/mol. The molecule has 0 fully saturated rings. The molecule has 0 radical (unpaired) electrons. The first-order valence-corrected chi connectivity index (χ1v) is 20.2. The molecule has 0 saturated carbocycles. The fraction of sp³-hybridized carbons (Fsp3) is 0.167. The largest absolute Gasteiger partial charge is 0.442 e. The van der Waals surface area contributed by atoms with E-state index >= 15 is 0 Å². The maximum Gasteiger partial charge on any atom is 0.181 e. The van der Waals surface area contributed by atoms with Crippen molar-refractivity contribution in [2.24, 2.45) is 0 Å². The molecule has 8 aromatic rings. The van der Waals surface area contributed by atoms with E-state index in [9.17, 15) is 0 Å². The third-order valence-corrected chi connectivity index (χ3v) is 12.2. The number of fused-ring (bicyclic) bond motifs is 2. The number of aromatic amines is 2. The third-order valence-electron chi connectivity index (χ3n) is 11.4. The van der Waals surface area contributed by atoms with Gasteiger partial charge >= 0.3 is 0 Å². The van der Waals surface area contributed by atoms with Crippen LogP contribution in [0.1, 0.15) is 44.8 Å². The van der Waals surface area contributed by atoms with Crippen molar-refractivity contribution in [3.8, 4) is 22.2 Å². The van der Waals surface area contributed by atoms with Crippen LogP contribution in [0.3, 0.4) is 0 Å². The summed E-state index contributed by atoms with van der Waals surface area (Å²) >= 11 is 1.62. The third kappa shape index (κ3) is 6.65. The first-order valence-electron chi connectivity index (χ1n) is 19.3. The minimum Gasteiger partial charge on any atom is -0.442 e.